The Morgan fingerprint density at radius 3 is 2.83 bits per heavy atom. The number of carbonyl (C=O) groups excluding carboxylic acids is 1. The Hall–Kier alpha value is -2.20. The molecule has 1 N–H and O–H groups in total. The Morgan fingerprint density at radius 2 is 2.13 bits per heavy atom. The molecular formula is C19H23N3O. The summed E-state index contributed by atoms with van der Waals surface area (Å²) in [6.07, 6.45) is 5.67. The molecule has 1 aromatic carbocycles. The maximum atomic E-state index is 12.4. The van der Waals surface area contributed by atoms with Crippen LogP contribution >= 0.6 is 0 Å². The summed E-state index contributed by atoms with van der Waals surface area (Å²) in [4.78, 5) is 18.7. The number of hydrogen-bond donors (Lipinski definition) is 1. The summed E-state index contributed by atoms with van der Waals surface area (Å²) in [5, 5.41) is 3.15. The van der Waals surface area contributed by atoms with Crippen LogP contribution in [0.3, 0.4) is 0 Å². The quantitative estimate of drug-likeness (QED) is 0.944. The number of amides is 1. The van der Waals surface area contributed by atoms with Crippen LogP contribution in [-0.2, 0) is 4.79 Å². The fourth-order valence-corrected chi connectivity index (χ4v) is 3.16. The Morgan fingerprint density at radius 1 is 1.30 bits per heavy atom. The van der Waals surface area contributed by atoms with Crippen LogP contribution in [0.5, 0.6) is 0 Å². The molecule has 1 amide bonds. The van der Waals surface area contributed by atoms with Crippen molar-refractivity contribution < 1.29 is 4.79 Å². The fraction of sp³-hybridized carbons (Fsp3) is 0.368. The van der Waals surface area contributed by atoms with Crippen LogP contribution in [0.4, 0.5) is 0 Å². The van der Waals surface area contributed by atoms with E-state index in [1.165, 1.54) is 0 Å². The average molecular weight is 309 g/mol. The molecule has 0 radical (unpaired) electrons. The molecule has 0 saturated carbocycles. The predicted molar refractivity (Wildman–Crippen MR) is 91.9 cm³/mol. The van der Waals surface area contributed by atoms with E-state index in [2.05, 4.69) is 33.4 Å². The van der Waals surface area contributed by atoms with Crippen molar-refractivity contribution >= 4 is 5.91 Å². The maximum Gasteiger partial charge on any atom is 0.237 e. The highest BCUT2D eigenvalue weighted by molar-refractivity contribution is 5.82. The van der Waals surface area contributed by atoms with E-state index < -0.39 is 0 Å². The van der Waals surface area contributed by atoms with Gasteiger partial charge in [0.05, 0.1) is 12.1 Å². The highest BCUT2D eigenvalue weighted by Gasteiger charge is 2.28. The van der Waals surface area contributed by atoms with Crippen molar-refractivity contribution in [2.45, 2.75) is 31.8 Å². The molecule has 2 atom stereocenters. The molecule has 4 nitrogen and oxygen atoms in total. The van der Waals surface area contributed by atoms with Crippen molar-refractivity contribution in [1.82, 2.24) is 15.2 Å². The van der Waals surface area contributed by atoms with Gasteiger partial charge in [-0.05, 0) is 62.2 Å². The monoisotopic (exact) mass is 309 g/mol. The first-order valence-corrected chi connectivity index (χ1v) is 8.16. The minimum Gasteiger partial charge on any atom is -0.348 e. The van der Waals surface area contributed by atoms with Gasteiger partial charge in [-0.25, -0.2) is 0 Å². The summed E-state index contributed by atoms with van der Waals surface area (Å²) in [6.45, 7) is 3.04. The third kappa shape index (κ3) is 3.59. The first-order chi connectivity index (χ1) is 11.1. The van der Waals surface area contributed by atoms with Gasteiger partial charge in [0.15, 0.2) is 0 Å². The molecule has 1 aliphatic rings. The average Bonchev–Trinajstić information content (AvgIpc) is 3.02. The number of benzene rings is 1. The van der Waals surface area contributed by atoms with Crippen molar-refractivity contribution in [2.24, 2.45) is 0 Å². The second-order valence-corrected chi connectivity index (χ2v) is 6.24. The van der Waals surface area contributed by atoms with Crippen molar-refractivity contribution in [3.63, 3.8) is 0 Å². The molecule has 120 valence electrons. The molecule has 2 heterocycles. The number of hydrogen-bond acceptors (Lipinski definition) is 3. The van der Waals surface area contributed by atoms with Gasteiger partial charge in [0.1, 0.15) is 0 Å². The van der Waals surface area contributed by atoms with Gasteiger partial charge in [-0.2, -0.15) is 0 Å². The maximum absolute atomic E-state index is 12.4. The first kappa shape index (κ1) is 15.7. The number of rotatable bonds is 4. The summed E-state index contributed by atoms with van der Waals surface area (Å²) in [5.41, 5.74) is 3.32. The van der Waals surface area contributed by atoms with Gasteiger partial charge in [-0.3, -0.25) is 14.7 Å². The van der Waals surface area contributed by atoms with Crippen LogP contribution in [0.1, 0.15) is 31.4 Å². The SMILES string of the molecule is C[C@@H](NC(=O)C1CCCN1C)c1cccc(-c2cccnc2)c1. The number of nitrogens with one attached hydrogen (secondary N) is 1. The van der Waals surface area contributed by atoms with Crippen molar-refractivity contribution in [3.8, 4) is 11.1 Å². The molecule has 0 spiro atoms. The number of likely N-dealkylation sites (N-methyl/N-ethyl adjacent to an activating group) is 1. The first-order valence-electron chi connectivity index (χ1n) is 8.16. The molecule has 1 aliphatic heterocycles. The second kappa shape index (κ2) is 6.92. The van der Waals surface area contributed by atoms with E-state index in [4.69, 9.17) is 0 Å². The lowest BCUT2D eigenvalue weighted by atomic mass is 10.0. The molecule has 0 aliphatic carbocycles. The van der Waals surface area contributed by atoms with Crippen LogP contribution in [0.2, 0.25) is 0 Å². The van der Waals surface area contributed by atoms with Crippen LogP contribution in [0.25, 0.3) is 11.1 Å². The van der Waals surface area contributed by atoms with Crippen LogP contribution in [-0.4, -0.2) is 35.4 Å². The molecule has 1 aromatic heterocycles. The molecule has 23 heavy (non-hydrogen) atoms. The Bertz CT molecular complexity index is 671. The predicted octanol–water partition coefficient (Wildman–Crippen LogP) is 3.02. The molecule has 1 fully saturated rings. The third-order valence-corrected chi connectivity index (χ3v) is 4.56. The zero-order chi connectivity index (χ0) is 16.2. The standard InChI is InChI=1S/C19H23N3O/c1-14(21-19(23)18-9-5-11-22(18)2)15-6-3-7-16(12-15)17-8-4-10-20-13-17/h3-4,6-8,10,12-14,18H,5,9,11H2,1-2H3,(H,21,23)/t14-,18?/m1/s1. The zero-order valence-electron chi connectivity index (χ0n) is 13.7. The smallest absolute Gasteiger partial charge is 0.237 e. The summed E-state index contributed by atoms with van der Waals surface area (Å²) < 4.78 is 0. The Labute approximate surface area is 137 Å². The Balaban J connectivity index is 1.72. The molecule has 1 unspecified atom stereocenters. The van der Waals surface area contributed by atoms with Crippen LogP contribution in [0, 0.1) is 0 Å². The van der Waals surface area contributed by atoms with E-state index in [0.717, 1.165) is 36.1 Å². The molecule has 2 aromatic rings. The van der Waals surface area contributed by atoms with Crippen LogP contribution in [0.15, 0.2) is 48.8 Å². The van der Waals surface area contributed by atoms with E-state index in [9.17, 15) is 4.79 Å². The minimum absolute atomic E-state index is 0.00637. The summed E-state index contributed by atoms with van der Waals surface area (Å²) in [6, 6.07) is 12.3. The van der Waals surface area contributed by atoms with Crippen molar-refractivity contribution in [2.75, 3.05) is 13.6 Å². The van der Waals surface area contributed by atoms with E-state index in [1.54, 1.807) is 6.20 Å². The summed E-state index contributed by atoms with van der Waals surface area (Å²) >= 11 is 0. The highest BCUT2D eigenvalue weighted by atomic mass is 16.2. The van der Waals surface area contributed by atoms with Gasteiger partial charge in [0, 0.05) is 12.4 Å². The molecule has 4 heteroatoms. The van der Waals surface area contributed by atoms with E-state index in [0.29, 0.717) is 0 Å². The van der Waals surface area contributed by atoms with Crippen molar-refractivity contribution in [3.05, 3.63) is 54.4 Å². The van der Waals surface area contributed by atoms with Gasteiger partial charge in [0.2, 0.25) is 5.91 Å². The Kier molecular flexibility index (Phi) is 4.72. The topological polar surface area (TPSA) is 45.2 Å². The zero-order valence-corrected chi connectivity index (χ0v) is 13.7. The second-order valence-electron chi connectivity index (χ2n) is 6.24. The van der Waals surface area contributed by atoms with Gasteiger partial charge >= 0.3 is 0 Å². The van der Waals surface area contributed by atoms with E-state index in [1.807, 2.05) is 38.4 Å². The number of pyridine rings is 1. The lowest BCUT2D eigenvalue weighted by molar-refractivity contribution is -0.125. The molecule has 3 rings (SSSR count). The lowest BCUT2D eigenvalue weighted by Crippen LogP contribution is -2.42. The summed E-state index contributed by atoms with van der Waals surface area (Å²) in [5.74, 6) is 0.129. The fourth-order valence-electron chi connectivity index (χ4n) is 3.16. The number of aromatic nitrogens is 1. The van der Waals surface area contributed by atoms with Gasteiger partial charge < -0.3 is 5.32 Å². The summed E-state index contributed by atoms with van der Waals surface area (Å²) in [7, 11) is 2.02. The van der Waals surface area contributed by atoms with Gasteiger partial charge in [-0.1, -0.05) is 24.3 Å². The number of nitrogens with zero attached hydrogens (tertiary/aromatic N) is 2. The molecule has 0 bridgehead atoms. The van der Waals surface area contributed by atoms with Crippen molar-refractivity contribution in [1.29, 1.82) is 0 Å². The molecule has 1 saturated heterocycles. The van der Waals surface area contributed by atoms with Crippen LogP contribution < -0.4 is 5.32 Å². The third-order valence-electron chi connectivity index (χ3n) is 4.56. The largest absolute Gasteiger partial charge is 0.348 e. The highest BCUT2D eigenvalue weighted by Crippen LogP contribution is 2.23. The van der Waals surface area contributed by atoms with E-state index >= 15 is 0 Å². The number of carbonyl (C=O) groups is 1. The van der Waals surface area contributed by atoms with Gasteiger partial charge in [0.25, 0.3) is 0 Å². The van der Waals surface area contributed by atoms with Gasteiger partial charge in [-0.15, -0.1) is 0 Å². The lowest BCUT2D eigenvalue weighted by Gasteiger charge is -2.22. The minimum atomic E-state index is -0.00637. The molecular weight excluding hydrogens is 286 g/mol. The number of likely N-dealkylation sites (tertiary alicyclic amines) is 1. The normalized spacial score (nSPS) is 19.5. The van der Waals surface area contributed by atoms with E-state index in [-0.39, 0.29) is 18.0 Å².